The van der Waals surface area contributed by atoms with E-state index >= 15 is 0 Å². The van der Waals surface area contributed by atoms with Gasteiger partial charge in [-0.25, -0.2) is 8.42 Å². The number of hydrogen-bond acceptors (Lipinski definition) is 6. The zero-order valence-electron chi connectivity index (χ0n) is 20.0. The lowest BCUT2D eigenvalue weighted by atomic mass is 9.98. The minimum atomic E-state index is -3.96. The van der Waals surface area contributed by atoms with Crippen LogP contribution in [0.3, 0.4) is 0 Å². The Bertz CT molecular complexity index is 1130. The number of carbonyl (C=O) groups excluding carboxylic acids is 3. The number of nitrogens with one attached hydrogen (secondary N) is 4. The highest BCUT2D eigenvalue weighted by molar-refractivity contribution is 7.89. The van der Waals surface area contributed by atoms with Gasteiger partial charge >= 0.3 is 0 Å². The van der Waals surface area contributed by atoms with Gasteiger partial charge in [-0.15, -0.1) is 0 Å². The Balaban J connectivity index is 1.76. The maximum Gasteiger partial charge on any atom is 0.289 e. The van der Waals surface area contributed by atoms with Gasteiger partial charge in [0, 0.05) is 12.2 Å². The zero-order chi connectivity index (χ0) is 25.4. The molecular weight excluding hydrogens is 470 g/mol. The van der Waals surface area contributed by atoms with Crippen molar-refractivity contribution in [3.8, 4) is 0 Å². The molecule has 11 heteroatoms. The van der Waals surface area contributed by atoms with Crippen LogP contribution in [0.1, 0.15) is 50.8 Å². The van der Waals surface area contributed by atoms with Crippen molar-refractivity contribution in [2.24, 2.45) is 5.92 Å². The van der Waals surface area contributed by atoms with Gasteiger partial charge in [0.15, 0.2) is 0 Å². The lowest BCUT2D eigenvalue weighted by Crippen LogP contribution is -2.54. The first-order valence-electron chi connectivity index (χ1n) is 11.9. The summed E-state index contributed by atoms with van der Waals surface area (Å²) in [6.07, 6.45) is 4.76. The van der Waals surface area contributed by atoms with Crippen LogP contribution in [0.2, 0.25) is 0 Å². The number of aromatic amines is 1. The average molecular weight is 504 g/mol. The third kappa shape index (κ3) is 7.46. The van der Waals surface area contributed by atoms with E-state index < -0.39 is 39.7 Å². The van der Waals surface area contributed by atoms with E-state index in [1.54, 1.807) is 24.4 Å². The Kier molecular flexibility index (Phi) is 9.16. The quantitative estimate of drug-likeness (QED) is 0.418. The maximum absolute atomic E-state index is 13.2. The number of aryl methyl sites for hydroxylation is 2. The molecular formula is C24H33N5O5S. The van der Waals surface area contributed by atoms with Gasteiger partial charge in [-0.3, -0.25) is 19.5 Å². The highest BCUT2D eigenvalue weighted by Gasteiger charge is 2.32. The van der Waals surface area contributed by atoms with E-state index in [1.807, 2.05) is 13.8 Å². The van der Waals surface area contributed by atoms with Gasteiger partial charge in [0.25, 0.3) is 5.91 Å². The Morgan fingerprint density at radius 3 is 2.60 bits per heavy atom. The topological polar surface area (TPSA) is 150 Å². The van der Waals surface area contributed by atoms with Gasteiger partial charge in [0.05, 0.1) is 17.1 Å². The molecule has 2 aromatic rings. The van der Waals surface area contributed by atoms with Crippen LogP contribution in [0.25, 0.3) is 0 Å². The summed E-state index contributed by atoms with van der Waals surface area (Å²) in [4.78, 5) is 38.5. The van der Waals surface area contributed by atoms with Gasteiger partial charge in [-0.2, -0.15) is 9.82 Å². The number of nitrogens with zero attached hydrogens (tertiary/aromatic N) is 1. The van der Waals surface area contributed by atoms with E-state index in [9.17, 15) is 22.8 Å². The molecule has 1 aromatic carbocycles. The molecule has 2 amide bonds. The molecule has 35 heavy (non-hydrogen) atoms. The van der Waals surface area contributed by atoms with Crippen LogP contribution in [0, 0.1) is 5.92 Å². The van der Waals surface area contributed by atoms with Crippen LogP contribution >= 0.6 is 0 Å². The molecule has 3 rings (SSSR count). The number of rotatable bonds is 7. The van der Waals surface area contributed by atoms with E-state index in [2.05, 4.69) is 25.6 Å². The Hall–Kier alpha value is -3.05. The number of sulfonamides is 1. The van der Waals surface area contributed by atoms with E-state index in [0.29, 0.717) is 32.2 Å². The molecule has 0 saturated carbocycles. The summed E-state index contributed by atoms with van der Waals surface area (Å²) >= 11 is 0. The zero-order valence-corrected chi connectivity index (χ0v) is 20.9. The molecule has 1 aliphatic rings. The number of ketones is 1. The molecule has 2 heterocycles. The maximum atomic E-state index is 13.2. The lowest BCUT2D eigenvalue weighted by Gasteiger charge is -2.24. The molecule has 0 fully saturated rings. The SMILES string of the molecule is CC(C)CC(NS(=O)(=O)c1ccccc1)C(=O)NC1CCCc2cn[nH]c2CCCNC(=O)C1=O. The van der Waals surface area contributed by atoms with Crippen LogP contribution < -0.4 is 15.4 Å². The molecule has 0 aliphatic carbocycles. The Morgan fingerprint density at radius 2 is 1.89 bits per heavy atom. The van der Waals surface area contributed by atoms with Crippen LogP contribution in [0.15, 0.2) is 41.4 Å². The summed E-state index contributed by atoms with van der Waals surface area (Å²) in [5.41, 5.74) is 2.04. The second-order valence-electron chi connectivity index (χ2n) is 9.17. The standard InChI is InChI=1S/C24H33N5O5S/c1-16(2)14-21(29-35(33,34)18-9-4-3-5-10-18)23(31)27-20-11-6-8-17-15-26-28-19(17)12-7-13-25-24(32)22(20)30/h3-5,9-10,15-16,20-21,29H,6-8,11-14H2,1-2H3,(H,25,32)(H,26,28)(H,27,31). The van der Waals surface area contributed by atoms with Crippen molar-refractivity contribution in [3.05, 3.63) is 47.8 Å². The van der Waals surface area contributed by atoms with Gasteiger partial charge in [-0.1, -0.05) is 32.0 Å². The van der Waals surface area contributed by atoms with Crippen LogP contribution in [-0.2, 0) is 37.2 Å². The minimum Gasteiger partial charge on any atom is -0.349 e. The molecule has 1 aliphatic heterocycles. The summed E-state index contributed by atoms with van der Waals surface area (Å²) in [5.74, 6) is -2.13. The van der Waals surface area contributed by atoms with E-state index in [4.69, 9.17) is 0 Å². The van der Waals surface area contributed by atoms with E-state index in [0.717, 1.165) is 11.3 Å². The van der Waals surface area contributed by atoms with Gasteiger partial charge in [0.2, 0.25) is 21.7 Å². The molecule has 0 saturated heterocycles. The lowest BCUT2D eigenvalue weighted by molar-refractivity contribution is -0.140. The van der Waals surface area contributed by atoms with Crippen molar-refractivity contribution in [2.45, 2.75) is 69.4 Å². The van der Waals surface area contributed by atoms with E-state index in [-0.39, 0.29) is 23.7 Å². The summed E-state index contributed by atoms with van der Waals surface area (Å²) in [6.45, 7) is 4.05. The molecule has 2 atom stereocenters. The molecule has 10 nitrogen and oxygen atoms in total. The highest BCUT2D eigenvalue weighted by Crippen LogP contribution is 2.15. The van der Waals surface area contributed by atoms with Crippen molar-refractivity contribution in [1.29, 1.82) is 0 Å². The van der Waals surface area contributed by atoms with Crippen molar-refractivity contribution in [2.75, 3.05) is 6.54 Å². The third-order valence-electron chi connectivity index (χ3n) is 5.87. The average Bonchev–Trinajstić information content (AvgIpc) is 3.26. The number of aromatic nitrogens is 2. The molecule has 0 spiro atoms. The van der Waals surface area contributed by atoms with Crippen molar-refractivity contribution >= 4 is 27.6 Å². The number of hydrogen-bond donors (Lipinski definition) is 4. The summed E-state index contributed by atoms with van der Waals surface area (Å²) in [7, 11) is -3.96. The molecule has 190 valence electrons. The van der Waals surface area contributed by atoms with Gasteiger partial charge in [0.1, 0.15) is 6.04 Å². The van der Waals surface area contributed by atoms with Crippen molar-refractivity contribution in [1.82, 2.24) is 25.6 Å². The van der Waals surface area contributed by atoms with Gasteiger partial charge in [-0.05, 0) is 62.1 Å². The fourth-order valence-electron chi connectivity index (χ4n) is 4.05. The highest BCUT2D eigenvalue weighted by atomic mass is 32.2. The molecule has 0 radical (unpaired) electrons. The smallest absolute Gasteiger partial charge is 0.289 e. The predicted molar refractivity (Wildman–Crippen MR) is 130 cm³/mol. The fourth-order valence-corrected chi connectivity index (χ4v) is 5.28. The molecule has 1 aromatic heterocycles. The summed E-state index contributed by atoms with van der Waals surface area (Å²) < 4.78 is 28.2. The first-order chi connectivity index (χ1) is 16.7. The summed E-state index contributed by atoms with van der Waals surface area (Å²) in [5, 5.41) is 12.3. The van der Waals surface area contributed by atoms with Gasteiger partial charge < -0.3 is 10.6 Å². The van der Waals surface area contributed by atoms with Crippen LogP contribution in [0.4, 0.5) is 0 Å². The largest absolute Gasteiger partial charge is 0.349 e. The monoisotopic (exact) mass is 503 g/mol. The number of H-pyrrole nitrogens is 1. The second kappa shape index (κ2) is 12.1. The molecule has 4 N–H and O–H groups in total. The third-order valence-corrected chi connectivity index (χ3v) is 7.35. The van der Waals surface area contributed by atoms with Crippen LogP contribution in [0.5, 0.6) is 0 Å². The van der Waals surface area contributed by atoms with E-state index in [1.165, 1.54) is 12.1 Å². The normalized spacial score (nSPS) is 18.7. The molecule has 0 bridgehead atoms. The van der Waals surface area contributed by atoms with Crippen molar-refractivity contribution < 1.29 is 22.8 Å². The first kappa shape index (κ1) is 26.6. The number of amides is 2. The summed E-state index contributed by atoms with van der Waals surface area (Å²) in [6, 6.07) is 5.62. The predicted octanol–water partition coefficient (Wildman–Crippen LogP) is 1.24. The van der Waals surface area contributed by atoms with Crippen molar-refractivity contribution in [3.63, 3.8) is 0 Å². The Labute approximate surface area is 205 Å². The Morgan fingerprint density at radius 1 is 1.14 bits per heavy atom. The van der Waals surface area contributed by atoms with Crippen LogP contribution in [-0.4, -0.2) is 54.8 Å². The first-order valence-corrected chi connectivity index (χ1v) is 13.4. The number of fused-ring (bicyclic) bond motifs is 1. The number of benzene rings is 1. The molecule has 2 unspecified atom stereocenters. The number of carbonyl (C=O) groups is 3. The fraction of sp³-hybridized carbons (Fsp3) is 0.500. The number of Topliss-reactive ketones (excluding diaryl/α,β-unsaturated/α-hetero) is 1. The second-order valence-corrected chi connectivity index (χ2v) is 10.9. The minimum absolute atomic E-state index is 0.000885.